The van der Waals surface area contributed by atoms with E-state index in [1.807, 2.05) is 6.92 Å². The molecule has 1 N–H and O–H groups in total. The number of aliphatic hydroxyl groups excluding tert-OH is 1. The second-order valence-electron chi connectivity index (χ2n) is 6.77. The smallest absolute Gasteiger partial charge is 0.301 e. The standard InChI is InChI=1S/C23H17FN2O3/c1-14-5-7-16(8-6-14)21(27)19-20(15-9-11-17(24)12-10-15)26(23(29)22(19)28)18-4-2-3-13-25-18/h2-13,20,27H,1H3/b21-19+. The van der Waals surface area contributed by atoms with Crippen molar-refractivity contribution in [2.75, 3.05) is 4.90 Å². The van der Waals surface area contributed by atoms with Gasteiger partial charge in [0.2, 0.25) is 0 Å². The molecular formula is C23H17FN2O3. The summed E-state index contributed by atoms with van der Waals surface area (Å²) in [7, 11) is 0. The van der Waals surface area contributed by atoms with Crippen LogP contribution in [-0.2, 0) is 9.59 Å². The summed E-state index contributed by atoms with van der Waals surface area (Å²) >= 11 is 0. The molecule has 0 saturated carbocycles. The van der Waals surface area contributed by atoms with Gasteiger partial charge in [-0.05, 0) is 36.8 Å². The molecule has 0 aliphatic carbocycles. The molecule has 2 heterocycles. The van der Waals surface area contributed by atoms with Crippen LogP contribution in [0, 0.1) is 12.7 Å². The van der Waals surface area contributed by atoms with Crippen LogP contribution >= 0.6 is 0 Å². The van der Waals surface area contributed by atoms with Crippen LogP contribution in [0.5, 0.6) is 0 Å². The highest BCUT2D eigenvalue weighted by molar-refractivity contribution is 6.51. The van der Waals surface area contributed by atoms with Gasteiger partial charge in [0.15, 0.2) is 0 Å². The predicted octanol–water partition coefficient (Wildman–Crippen LogP) is 4.16. The Kier molecular flexibility index (Phi) is 4.68. The molecular weight excluding hydrogens is 371 g/mol. The molecule has 5 nitrogen and oxygen atoms in total. The molecule has 1 atom stereocenters. The van der Waals surface area contributed by atoms with Gasteiger partial charge in [-0.25, -0.2) is 9.37 Å². The Morgan fingerprint density at radius 2 is 1.69 bits per heavy atom. The monoisotopic (exact) mass is 388 g/mol. The van der Waals surface area contributed by atoms with E-state index < -0.39 is 23.5 Å². The molecule has 0 radical (unpaired) electrons. The Bertz CT molecular complexity index is 1110. The third-order valence-corrected chi connectivity index (χ3v) is 4.85. The van der Waals surface area contributed by atoms with Crippen molar-refractivity contribution in [2.24, 2.45) is 0 Å². The topological polar surface area (TPSA) is 70.5 Å². The number of aromatic nitrogens is 1. The average Bonchev–Trinajstić information content (AvgIpc) is 3.00. The number of pyridine rings is 1. The molecule has 29 heavy (non-hydrogen) atoms. The minimum absolute atomic E-state index is 0.0592. The van der Waals surface area contributed by atoms with Crippen molar-refractivity contribution in [1.29, 1.82) is 0 Å². The summed E-state index contributed by atoms with van der Waals surface area (Å²) < 4.78 is 13.5. The third kappa shape index (κ3) is 3.29. The lowest BCUT2D eigenvalue weighted by Gasteiger charge is -2.24. The second-order valence-corrected chi connectivity index (χ2v) is 6.77. The molecule has 1 aliphatic rings. The van der Waals surface area contributed by atoms with Crippen LogP contribution in [0.1, 0.15) is 22.7 Å². The number of aliphatic hydroxyl groups is 1. The first-order valence-electron chi connectivity index (χ1n) is 9.02. The van der Waals surface area contributed by atoms with Crippen LogP contribution in [0.2, 0.25) is 0 Å². The maximum Gasteiger partial charge on any atom is 0.301 e. The molecule has 144 valence electrons. The quantitative estimate of drug-likeness (QED) is 0.416. The van der Waals surface area contributed by atoms with Crippen LogP contribution in [0.25, 0.3) is 5.76 Å². The SMILES string of the molecule is Cc1ccc(/C(O)=C2\C(=O)C(=O)N(c3ccccn3)C2c2ccc(F)cc2)cc1. The number of nitrogens with zero attached hydrogens (tertiary/aromatic N) is 2. The largest absolute Gasteiger partial charge is 0.507 e. The van der Waals surface area contributed by atoms with Crippen LogP contribution < -0.4 is 4.90 Å². The van der Waals surface area contributed by atoms with Gasteiger partial charge in [-0.15, -0.1) is 0 Å². The van der Waals surface area contributed by atoms with Gasteiger partial charge in [0.05, 0.1) is 11.6 Å². The highest BCUT2D eigenvalue weighted by Gasteiger charge is 2.47. The van der Waals surface area contributed by atoms with Crippen molar-refractivity contribution in [1.82, 2.24) is 4.98 Å². The molecule has 1 fully saturated rings. The van der Waals surface area contributed by atoms with Gasteiger partial charge in [-0.1, -0.05) is 48.0 Å². The lowest BCUT2D eigenvalue weighted by atomic mass is 9.95. The highest BCUT2D eigenvalue weighted by Crippen LogP contribution is 2.41. The van der Waals surface area contributed by atoms with Crippen molar-refractivity contribution < 1.29 is 19.1 Å². The number of carbonyl (C=O) groups excluding carboxylic acids is 2. The molecule has 1 aromatic heterocycles. The number of ketones is 1. The summed E-state index contributed by atoms with van der Waals surface area (Å²) in [6.45, 7) is 1.91. The van der Waals surface area contributed by atoms with Crippen molar-refractivity contribution in [3.8, 4) is 0 Å². The van der Waals surface area contributed by atoms with Gasteiger partial charge in [0.25, 0.3) is 5.78 Å². The average molecular weight is 388 g/mol. The first-order valence-corrected chi connectivity index (χ1v) is 9.02. The lowest BCUT2D eigenvalue weighted by Crippen LogP contribution is -2.30. The zero-order valence-corrected chi connectivity index (χ0v) is 15.5. The molecule has 0 bridgehead atoms. The Morgan fingerprint density at radius 1 is 1.00 bits per heavy atom. The van der Waals surface area contributed by atoms with E-state index in [2.05, 4.69) is 4.98 Å². The molecule has 6 heteroatoms. The molecule has 3 aromatic rings. The van der Waals surface area contributed by atoms with E-state index in [9.17, 15) is 19.1 Å². The molecule has 1 unspecified atom stereocenters. The van der Waals surface area contributed by atoms with Crippen molar-refractivity contribution in [2.45, 2.75) is 13.0 Å². The first kappa shape index (κ1) is 18.6. The predicted molar refractivity (Wildman–Crippen MR) is 107 cm³/mol. The Balaban J connectivity index is 1.94. The molecule has 2 aromatic carbocycles. The number of amides is 1. The fraction of sp³-hybridized carbons (Fsp3) is 0.0870. The highest BCUT2D eigenvalue weighted by atomic mass is 19.1. The summed E-state index contributed by atoms with van der Waals surface area (Å²) in [4.78, 5) is 31.2. The minimum Gasteiger partial charge on any atom is -0.507 e. The second kappa shape index (κ2) is 7.31. The summed E-state index contributed by atoms with van der Waals surface area (Å²) in [5.41, 5.74) is 1.84. The zero-order valence-electron chi connectivity index (χ0n) is 15.5. The number of aryl methyl sites for hydroxylation is 1. The van der Waals surface area contributed by atoms with Crippen molar-refractivity contribution in [3.05, 3.63) is 101 Å². The van der Waals surface area contributed by atoms with E-state index in [-0.39, 0.29) is 17.2 Å². The van der Waals surface area contributed by atoms with Gasteiger partial charge in [0, 0.05) is 11.8 Å². The van der Waals surface area contributed by atoms with Crippen LogP contribution in [0.3, 0.4) is 0 Å². The third-order valence-electron chi connectivity index (χ3n) is 4.85. The number of anilines is 1. The number of hydrogen-bond acceptors (Lipinski definition) is 4. The van der Waals surface area contributed by atoms with E-state index >= 15 is 0 Å². The number of Topliss-reactive ketones (excluding diaryl/α,β-unsaturated/α-hetero) is 1. The van der Waals surface area contributed by atoms with Gasteiger partial charge < -0.3 is 5.11 Å². The summed E-state index contributed by atoms with van der Waals surface area (Å²) in [5.74, 6) is -2.07. The van der Waals surface area contributed by atoms with Gasteiger partial charge >= 0.3 is 5.91 Å². The van der Waals surface area contributed by atoms with Crippen LogP contribution in [0.4, 0.5) is 10.2 Å². The number of benzene rings is 2. The van der Waals surface area contributed by atoms with Gasteiger partial charge in [-0.3, -0.25) is 14.5 Å². The van der Waals surface area contributed by atoms with Gasteiger partial charge in [0.1, 0.15) is 17.4 Å². The first-order chi connectivity index (χ1) is 14.0. The van der Waals surface area contributed by atoms with E-state index in [1.54, 1.807) is 42.5 Å². The van der Waals surface area contributed by atoms with E-state index in [0.717, 1.165) is 5.56 Å². The number of hydrogen-bond donors (Lipinski definition) is 1. The summed E-state index contributed by atoms with van der Waals surface area (Å²) in [5, 5.41) is 10.9. The molecule has 4 rings (SSSR count). The maximum absolute atomic E-state index is 13.5. The Morgan fingerprint density at radius 3 is 2.31 bits per heavy atom. The molecule has 1 amide bonds. The molecule has 1 saturated heterocycles. The van der Waals surface area contributed by atoms with Crippen LogP contribution in [0.15, 0.2) is 78.5 Å². The number of carbonyl (C=O) groups is 2. The van der Waals surface area contributed by atoms with Crippen molar-refractivity contribution in [3.63, 3.8) is 0 Å². The lowest BCUT2D eigenvalue weighted by molar-refractivity contribution is -0.132. The van der Waals surface area contributed by atoms with Gasteiger partial charge in [-0.2, -0.15) is 0 Å². The van der Waals surface area contributed by atoms with Crippen LogP contribution in [-0.4, -0.2) is 21.8 Å². The summed E-state index contributed by atoms with van der Waals surface area (Å²) in [6, 6.07) is 16.5. The fourth-order valence-corrected chi connectivity index (χ4v) is 3.39. The van der Waals surface area contributed by atoms with E-state index in [0.29, 0.717) is 11.1 Å². The minimum atomic E-state index is -0.924. The molecule has 0 spiro atoms. The zero-order chi connectivity index (χ0) is 20.5. The normalized spacial score (nSPS) is 18.3. The maximum atomic E-state index is 13.5. The fourth-order valence-electron chi connectivity index (χ4n) is 3.39. The number of halogens is 1. The summed E-state index contributed by atoms with van der Waals surface area (Å²) in [6.07, 6.45) is 1.51. The Labute approximate surface area is 166 Å². The van der Waals surface area contributed by atoms with E-state index in [1.165, 1.54) is 35.4 Å². The van der Waals surface area contributed by atoms with Crippen molar-refractivity contribution >= 4 is 23.3 Å². The Hall–Kier alpha value is -3.80. The van der Waals surface area contributed by atoms with E-state index in [4.69, 9.17) is 0 Å². The number of rotatable bonds is 3. The molecule has 1 aliphatic heterocycles.